The summed E-state index contributed by atoms with van der Waals surface area (Å²) in [5.74, 6) is 1.81. The third-order valence-electron chi connectivity index (χ3n) is 3.90. The monoisotopic (exact) mass is 268 g/mol. The number of piperidine rings is 1. The minimum atomic E-state index is 0.481. The number of nitrogens with one attached hydrogen (secondary N) is 2. The summed E-state index contributed by atoms with van der Waals surface area (Å²) in [7, 11) is 1.84. The van der Waals surface area contributed by atoms with Gasteiger partial charge in [-0.25, -0.2) is 0 Å². The Morgan fingerprint density at radius 1 is 1.47 bits per heavy atom. The van der Waals surface area contributed by atoms with E-state index in [1.54, 1.807) is 0 Å². The van der Waals surface area contributed by atoms with E-state index in [0.717, 1.165) is 24.8 Å². The third kappa shape index (κ3) is 6.81. The molecule has 19 heavy (non-hydrogen) atoms. The molecule has 0 aliphatic carbocycles. The van der Waals surface area contributed by atoms with E-state index in [2.05, 4.69) is 41.3 Å². The summed E-state index contributed by atoms with van der Waals surface area (Å²) >= 11 is 0. The molecule has 1 fully saturated rings. The lowest BCUT2D eigenvalue weighted by atomic mass is 10.0. The fraction of sp³-hybridized carbons (Fsp3) is 0.933. The van der Waals surface area contributed by atoms with E-state index in [-0.39, 0.29) is 0 Å². The zero-order chi connectivity index (χ0) is 14.1. The minimum Gasteiger partial charge on any atom is -0.356 e. The van der Waals surface area contributed by atoms with Crippen LogP contribution < -0.4 is 10.6 Å². The summed E-state index contributed by atoms with van der Waals surface area (Å²) in [6.45, 7) is 11.5. The lowest BCUT2D eigenvalue weighted by Crippen LogP contribution is -2.43. The summed E-state index contributed by atoms with van der Waals surface area (Å²) in [6, 6.07) is 0.481. The molecule has 4 heteroatoms. The van der Waals surface area contributed by atoms with Crippen LogP contribution in [0.3, 0.4) is 0 Å². The lowest BCUT2D eigenvalue weighted by Gasteiger charge is -2.30. The van der Waals surface area contributed by atoms with Gasteiger partial charge in [-0.15, -0.1) is 0 Å². The van der Waals surface area contributed by atoms with Crippen molar-refractivity contribution < 1.29 is 0 Å². The van der Waals surface area contributed by atoms with Crippen LogP contribution in [0.15, 0.2) is 4.99 Å². The van der Waals surface area contributed by atoms with Crippen molar-refractivity contribution >= 4 is 5.96 Å². The van der Waals surface area contributed by atoms with Gasteiger partial charge in [0.25, 0.3) is 0 Å². The molecule has 1 rings (SSSR count). The van der Waals surface area contributed by atoms with Crippen LogP contribution in [0.5, 0.6) is 0 Å². The van der Waals surface area contributed by atoms with E-state index in [9.17, 15) is 0 Å². The Balaban J connectivity index is 2.12. The highest BCUT2D eigenvalue weighted by molar-refractivity contribution is 5.79. The first kappa shape index (κ1) is 16.3. The van der Waals surface area contributed by atoms with Gasteiger partial charge in [0.1, 0.15) is 0 Å². The molecular formula is C15H32N4. The van der Waals surface area contributed by atoms with Crippen LogP contribution >= 0.6 is 0 Å². The molecule has 0 radical (unpaired) electrons. The van der Waals surface area contributed by atoms with Gasteiger partial charge in [-0.05, 0) is 51.6 Å². The highest BCUT2D eigenvalue weighted by atomic mass is 15.2. The first-order chi connectivity index (χ1) is 9.15. The number of hydrogen-bond acceptors (Lipinski definition) is 2. The number of aliphatic imine (C=N–C) groups is 1. The molecule has 2 atom stereocenters. The summed E-state index contributed by atoms with van der Waals surface area (Å²) in [6.07, 6.45) is 5.08. The molecule has 0 aromatic rings. The highest BCUT2D eigenvalue weighted by Gasteiger charge is 2.15. The van der Waals surface area contributed by atoms with Gasteiger partial charge < -0.3 is 15.5 Å². The lowest BCUT2D eigenvalue weighted by molar-refractivity contribution is 0.182. The molecule has 1 saturated heterocycles. The van der Waals surface area contributed by atoms with Crippen molar-refractivity contribution in [2.24, 2.45) is 10.9 Å². The molecular weight excluding hydrogens is 236 g/mol. The second-order valence-corrected chi connectivity index (χ2v) is 5.85. The smallest absolute Gasteiger partial charge is 0.191 e. The summed E-state index contributed by atoms with van der Waals surface area (Å²) < 4.78 is 0. The Bertz CT molecular complexity index is 265. The Labute approximate surface area is 119 Å². The second-order valence-electron chi connectivity index (χ2n) is 5.85. The van der Waals surface area contributed by atoms with Crippen LogP contribution in [0.1, 0.15) is 46.5 Å². The molecule has 1 aliphatic heterocycles. The minimum absolute atomic E-state index is 0.481. The van der Waals surface area contributed by atoms with Crippen molar-refractivity contribution in [1.29, 1.82) is 0 Å². The maximum Gasteiger partial charge on any atom is 0.191 e. The summed E-state index contributed by atoms with van der Waals surface area (Å²) in [5.41, 5.74) is 0. The number of nitrogens with zero attached hydrogens (tertiary/aromatic N) is 2. The molecule has 4 nitrogen and oxygen atoms in total. The Morgan fingerprint density at radius 2 is 2.26 bits per heavy atom. The molecule has 0 bridgehead atoms. The Kier molecular flexibility index (Phi) is 7.87. The summed E-state index contributed by atoms with van der Waals surface area (Å²) in [4.78, 5) is 6.85. The van der Waals surface area contributed by atoms with Crippen LogP contribution in [0.4, 0.5) is 0 Å². The Hall–Kier alpha value is -0.770. The van der Waals surface area contributed by atoms with Crippen LogP contribution in [-0.2, 0) is 0 Å². The Morgan fingerprint density at radius 3 is 2.89 bits per heavy atom. The van der Waals surface area contributed by atoms with Gasteiger partial charge >= 0.3 is 0 Å². The van der Waals surface area contributed by atoms with Gasteiger partial charge in [-0.1, -0.05) is 13.8 Å². The maximum atomic E-state index is 4.25. The normalized spacial score (nSPS) is 23.2. The first-order valence-electron chi connectivity index (χ1n) is 7.85. The molecule has 0 amide bonds. The number of likely N-dealkylation sites (tertiary alicyclic amines) is 1. The van der Waals surface area contributed by atoms with E-state index >= 15 is 0 Å². The summed E-state index contributed by atoms with van der Waals surface area (Å²) in [5, 5.41) is 6.78. The van der Waals surface area contributed by atoms with E-state index in [0.29, 0.717) is 6.04 Å². The average molecular weight is 268 g/mol. The molecule has 112 valence electrons. The second kappa shape index (κ2) is 9.18. The number of hydrogen-bond donors (Lipinski definition) is 2. The van der Waals surface area contributed by atoms with Crippen LogP contribution in [0.2, 0.25) is 0 Å². The third-order valence-corrected chi connectivity index (χ3v) is 3.90. The van der Waals surface area contributed by atoms with E-state index < -0.39 is 0 Å². The topological polar surface area (TPSA) is 39.7 Å². The number of guanidine groups is 1. The zero-order valence-electron chi connectivity index (χ0n) is 13.2. The van der Waals surface area contributed by atoms with Gasteiger partial charge in [0.15, 0.2) is 5.96 Å². The molecule has 0 aromatic heterocycles. The maximum absolute atomic E-state index is 4.25. The van der Waals surface area contributed by atoms with Crippen molar-refractivity contribution in [3.05, 3.63) is 0 Å². The molecule has 2 unspecified atom stereocenters. The zero-order valence-corrected chi connectivity index (χ0v) is 13.2. The van der Waals surface area contributed by atoms with E-state index in [1.807, 2.05) is 7.05 Å². The average Bonchev–Trinajstić information content (AvgIpc) is 2.42. The molecule has 0 spiro atoms. The fourth-order valence-electron chi connectivity index (χ4n) is 2.53. The highest BCUT2D eigenvalue weighted by Crippen LogP contribution is 2.15. The van der Waals surface area contributed by atoms with Crippen LogP contribution in [0.25, 0.3) is 0 Å². The van der Waals surface area contributed by atoms with Crippen molar-refractivity contribution in [2.45, 2.75) is 52.5 Å². The van der Waals surface area contributed by atoms with Crippen molar-refractivity contribution in [3.8, 4) is 0 Å². The predicted molar refractivity (Wildman–Crippen MR) is 83.7 cm³/mol. The van der Waals surface area contributed by atoms with Gasteiger partial charge in [0.05, 0.1) is 0 Å². The SMILES string of the molecule is CCC(C)NC(=NC)NCCCN1CCCC(C)C1. The molecule has 2 N–H and O–H groups in total. The molecule has 0 saturated carbocycles. The van der Waals surface area contributed by atoms with Gasteiger partial charge in [-0.2, -0.15) is 0 Å². The van der Waals surface area contributed by atoms with Gasteiger partial charge in [0.2, 0.25) is 0 Å². The van der Waals surface area contributed by atoms with Crippen molar-refractivity contribution in [2.75, 3.05) is 33.2 Å². The molecule has 1 aliphatic rings. The standard InChI is InChI=1S/C15H32N4/c1-5-14(3)18-15(16-4)17-9-7-11-19-10-6-8-13(2)12-19/h13-14H,5-12H2,1-4H3,(H2,16,17,18). The van der Waals surface area contributed by atoms with E-state index in [1.165, 1.54) is 38.9 Å². The molecule has 1 heterocycles. The van der Waals surface area contributed by atoms with Gasteiger partial charge in [-0.3, -0.25) is 4.99 Å². The first-order valence-corrected chi connectivity index (χ1v) is 7.85. The largest absolute Gasteiger partial charge is 0.356 e. The molecule has 0 aromatic carbocycles. The van der Waals surface area contributed by atoms with Crippen LogP contribution in [-0.4, -0.2) is 50.1 Å². The van der Waals surface area contributed by atoms with E-state index in [4.69, 9.17) is 0 Å². The number of rotatable bonds is 6. The van der Waals surface area contributed by atoms with Gasteiger partial charge in [0, 0.05) is 26.2 Å². The predicted octanol–water partition coefficient (Wildman–Crippen LogP) is 2.07. The van der Waals surface area contributed by atoms with Crippen LogP contribution in [0, 0.1) is 5.92 Å². The quantitative estimate of drug-likeness (QED) is 0.440. The van der Waals surface area contributed by atoms with Crippen molar-refractivity contribution in [3.63, 3.8) is 0 Å². The fourth-order valence-corrected chi connectivity index (χ4v) is 2.53. The van der Waals surface area contributed by atoms with Crippen molar-refractivity contribution in [1.82, 2.24) is 15.5 Å².